The van der Waals surface area contributed by atoms with Crippen molar-refractivity contribution in [3.05, 3.63) is 133 Å². The van der Waals surface area contributed by atoms with Crippen molar-refractivity contribution in [2.45, 2.75) is 20.8 Å². The zero-order valence-electron chi connectivity index (χ0n) is 20.1. The molecule has 0 N–H and O–H groups in total. The largest absolute Gasteiger partial charge is 0.315 e. The molecule has 2 nitrogen and oxygen atoms in total. The summed E-state index contributed by atoms with van der Waals surface area (Å²) in [5.74, 6) is 0. The fourth-order valence-electron chi connectivity index (χ4n) is 5.27. The van der Waals surface area contributed by atoms with Crippen molar-refractivity contribution in [1.29, 1.82) is 0 Å². The molecule has 34 heavy (non-hydrogen) atoms. The summed E-state index contributed by atoms with van der Waals surface area (Å²) in [5.41, 5.74) is 11.0. The third-order valence-electron chi connectivity index (χ3n) is 6.61. The van der Waals surface area contributed by atoms with Crippen LogP contribution in [0.15, 0.2) is 133 Å². The second kappa shape index (κ2) is 9.11. The highest BCUT2D eigenvalue weighted by Crippen LogP contribution is 2.42. The summed E-state index contributed by atoms with van der Waals surface area (Å²) >= 11 is 0. The molecule has 0 fully saturated rings. The van der Waals surface area contributed by atoms with Crippen LogP contribution in [0.5, 0.6) is 0 Å². The van der Waals surface area contributed by atoms with Crippen molar-refractivity contribution in [1.82, 2.24) is 0 Å². The second-order valence-electron chi connectivity index (χ2n) is 8.59. The summed E-state index contributed by atoms with van der Waals surface area (Å²) in [6.45, 7) is 10.7. The van der Waals surface area contributed by atoms with Gasteiger partial charge in [0.05, 0.1) is 0 Å². The lowest BCUT2D eigenvalue weighted by Crippen LogP contribution is -2.56. The smallest absolute Gasteiger partial charge is 0.252 e. The van der Waals surface area contributed by atoms with Crippen LogP contribution in [0.2, 0.25) is 0 Å². The number of para-hydroxylation sites is 2. The third-order valence-corrected chi connectivity index (χ3v) is 6.61. The lowest BCUT2D eigenvalue weighted by Gasteiger charge is -2.44. The van der Waals surface area contributed by atoms with Gasteiger partial charge >= 0.3 is 0 Å². The maximum atomic E-state index is 4.28. The molecule has 2 heterocycles. The van der Waals surface area contributed by atoms with Crippen LogP contribution in [0, 0.1) is 0 Å². The summed E-state index contributed by atoms with van der Waals surface area (Å²) in [6.07, 6.45) is 12.7. The minimum absolute atomic E-state index is 0.122. The van der Waals surface area contributed by atoms with Gasteiger partial charge in [-0.2, -0.15) is 0 Å². The van der Waals surface area contributed by atoms with Gasteiger partial charge in [0.25, 0.3) is 6.71 Å². The highest BCUT2D eigenvalue weighted by Gasteiger charge is 2.42. The first-order valence-corrected chi connectivity index (χ1v) is 11.9. The van der Waals surface area contributed by atoms with E-state index in [9.17, 15) is 0 Å². The lowest BCUT2D eigenvalue weighted by atomic mass is 9.33. The van der Waals surface area contributed by atoms with E-state index in [4.69, 9.17) is 0 Å². The molecule has 0 atom stereocenters. The Morgan fingerprint density at radius 3 is 2.26 bits per heavy atom. The maximum absolute atomic E-state index is 4.28. The van der Waals surface area contributed by atoms with E-state index < -0.39 is 0 Å². The molecule has 0 aromatic heterocycles. The van der Waals surface area contributed by atoms with E-state index in [0.29, 0.717) is 0 Å². The fourth-order valence-corrected chi connectivity index (χ4v) is 5.27. The summed E-state index contributed by atoms with van der Waals surface area (Å²) in [5, 5.41) is 0. The summed E-state index contributed by atoms with van der Waals surface area (Å²) < 4.78 is 0. The molecule has 0 amide bonds. The molecule has 0 spiro atoms. The number of benzene rings is 3. The lowest BCUT2D eigenvalue weighted by molar-refractivity contribution is 1.14. The minimum Gasteiger partial charge on any atom is -0.315 e. The van der Waals surface area contributed by atoms with Crippen molar-refractivity contribution in [2.75, 3.05) is 9.80 Å². The van der Waals surface area contributed by atoms with E-state index in [1.54, 1.807) is 0 Å². The number of fused-ring (bicyclic) bond motifs is 2. The Balaban J connectivity index is 1.88. The van der Waals surface area contributed by atoms with Crippen LogP contribution in [-0.4, -0.2) is 6.71 Å². The Hall–Kier alpha value is -3.98. The third kappa shape index (κ3) is 3.36. The Bertz CT molecular complexity index is 1360. The topological polar surface area (TPSA) is 6.48 Å². The zero-order valence-corrected chi connectivity index (χ0v) is 20.1. The van der Waals surface area contributed by atoms with E-state index in [-0.39, 0.29) is 6.71 Å². The first kappa shape index (κ1) is 21.8. The normalized spacial score (nSPS) is 15.3. The number of hydrogen-bond acceptors (Lipinski definition) is 2. The fraction of sp³-hybridized carbons (Fsp3) is 0.0968. The predicted octanol–water partition coefficient (Wildman–Crippen LogP) is 6.93. The molecular weight excluding hydrogens is 411 g/mol. The molecule has 0 unspecified atom stereocenters. The van der Waals surface area contributed by atoms with E-state index in [1.807, 2.05) is 6.08 Å². The number of nitrogens with zero attached hydrogens (tertiary/aromatic N) is 2. The highest BCUT2D eigenvalue weighted by atomic mass is 15.2. The van der Waals surface area contributed by atoms with Crippen LogP contribution in [0.3, 0.4) is 0 Å². The summed E-state index contributed by atoms with van der Waals surface area (Å²) in [4.78, 5) is 4.78. The first-order chi connectivity index (χ1) is 16.7. The van der Waals surface area contributed by atoms with E-state index in [2.05, 4.69) is 140 Å². The van der Waals surface area contributed by atoms with Crippen molar-refractivity contribution in [3.8, 4) is 0 Å². The molecular formula is C31H29BN2. The molecule has 5 rings (SSSR count). The van der Waals surface area contributed by atoms with Gasteiger partial charge in [-0.1, -0.05) is 73.3 Å². The van der Waals surface area contributed by atoms with Crippen LogP contribution < -0.4 is 20.7 Å². The van der Waals surface area contributed by atoms with Gasteiger partial charge < -0.3 is 9.80 Å². The molecule has 3 aromatic carbocycles. The van der Waals surface area contributed by atoms with E-state index in [0.717, 1.165) is 5.69 Å². The first-order valence-electron chi connectivity index (χ1n) is 11.9. The van der Waals surface area contributed by atoms with Gasteiger partial charge in [0.2, 0.25) is 0 Å². The van der Waals surface area contributed by atoms with Gasteiger partial charge in [0.15, 0.2) is 0 Å². The number of allylic oxidation sites excluding steroid dienone is 8. The van der Waals surface area contributed by atoms with Gasteiger partial charge in [-0.3, -0.25) is 0 Å². The van der Waals surface area contributed by atoms with Crippen molar-refractivity contribution in [2.24, 2.45) is 0 Å². The van der Waals surface area contributed by atoms with Crippen LogP contribution in [0.25, 0.3) is 0 Å². The standard InChI is InChI=1S/C31H29BN2/c1-5-8-16-23(4)33-28-20-13-12-19-26(28)32-25(7-3)27(15-6-2)34(24-17-10-9-11-18-24)30-22-14-21-29(33)31(30)32/h5-22H,3H2,1-2,4H3/b8-5-,15-6-,23-16+. The molecule has 3 heteroatoms. The quantitative estimate of drug-likeness (QED) is 0.313. The molecule has 0 bridgehead atoms. The average Bonchev–Trinajstić information content (AvgIpc) is 2.88. The van der Waals surface area contributed by atoms with Crippen LogP contribution >= 0.6 is 0 Å². The molecule has 0 saturated carbocycles. The van der Waals surface area contributed by atoms with Gasteiger partial charge in [-0.25, -0.2) is 0 Å². The summed E-state index contributed by atoms with van der Waals surface area (Å²) in [7, 11) is 0. The molecule has 2 aliphatic rings. The Morgan fingerprint density at radius 1 is 0.824 bits per heavy atom. The Kier molecular flexibility index (Phi) is 5.85. The predicted molar refractivity (Wildman–Crippen MR) is 149 cm³/mol. The molecule has 0 aliphatic carbocycles. The number of anilines is 4. The van der Waals surface area contributed by atoms with Crippen molar-refractivity contribution in [3.63, 3.8) is 0 Å². The van der Waals surface area contributed by atoms with E-state index >= 15 is 0 Å². The molecule has 0 saturated heterocycles. The number of hydrogen-bond donors (Lipinski definition) is 0. The minimum atomic E-state index is 0.122. The summed E-state index contributed by atoms with van der Waals surface area (Å²) in [6, 6.07) is 26.1. The van der Waals surface area contributed by atoms with Gasteiger partial charge in [-0.05, 0) is 79.7 Å². The molecule has 3 aromatic rings. The maximum Gasteiger partial charge on any atom is 0.252 e. The monoisotopic (exact) mass is 440 g/mol. The van der Waals surface area contributed by atoms with Crippen molar-refractivity contribution >= 4 is 40.4 Å². The van der Waals surface area contributed by atoms with Gasteiger partial charge in [-0.15, -0.1) is 0 Å². The van der Waals surface area contributed by atoms with E-state index in [1.165, 1.54) is 44.9 Å². The second-order valence-corrected chi connectivity index (χ2v) is 8.59. The van der Waals surface area contributed by atoms with Gasteiger partial charge in [0.1, 0.15) is 0 Å². The number of rotatable bonds is 5. The SMILES string of the molecule is C=CC1=C(/C=C\C)N(c2ccccc2)c2cccc3c2B1c1ccccc1N3/C(C)=C/C=C\C. The van der Waals surface area contributed by atoms with Crippen molar-refractivity contribution < 1.29 is 0 Å². The highest BCUT2D eigenvalue weighted by molar-refractivity contribution is 6.95. The zero-order chi connectivity index (χ0) is 23.7. The Morgan fingerprint density at radius 2 is 1.53 bits per heavy atom. The Labute approximate surface area is 203 Å². The molecule has 2 aliphatic heterocycles. The van der Waals surface area contributed by atoms with Gasteiger partial charge in [0, 0.05) is 34.1 Å². The molecule has 0 radical (unpaired) electrons. The van der Waals surface area contributed by atoms with Crippen LogP contribution in [0.4, 0.5) is 22.7 Å². The average molecular weight is 440 g/mol. The van der Waals surface area contributed by atoms with Crippen LogP contribution in [-0.2, 0) is 0 Å². The molecule has 166 valence electrons. The van der Waals surface area contributed by atoms with Crippen LogP contribution in [0.1, 0.15) is 20.8 Å².